The molecule has 263 valence electrons. The van der Waals surface area contributed by atoms with Gasteiger partial charge in [-0.3, -0.25) is 0 Å². The second kappa shape index (κ2) is 15.0. The van der Waals surface area contributed by atoms with Gasteiger partial charge in [0.1, 0.15) is 0 Å². The molecule has 6 aromatic rings. The van der Waals surface area contributed by atoms with Gasteiger partial charge in [0.05, 0.1) is 13.7 Å². The zero-order valence-electron chi connectivity index (χ0n) is 31.4. The molecule has 4 heterocycles. The van der Waals surface area contributed by atoms with Crippen LogP contribution in [0.15, 0.2) is 71.4 Å². The van der Waals surface area contributed by atoms with Crippen LogP contribution in [0, 0.1) is 38.8 Å². The molecule has 7 rings (SSSR count). The van der Waals surface area contributed by atoms with Crippen molar-refractivity contribution >= 4 is 35.3 Å². The maximum absolute atomic E-state index is 6.30. The molecule has 1 saturated carbocycles. The van der Waals surface area contributed by atoms with Crippen molar-refractivity contribution in [2.24, 2.45) is 5.92 Å². The molecule has 1 aliphatic carbocycles. The Morgan fingerprint density at radius 2 is 1.64 bits per heavy atom. The number of aromatic nitrogens is 3. The minimum atomic E-state index is -1.34. The van der Waals surface area contributed by atoms with Crippen LogP contribution in [0.4, 0.5) is 0 Å². The molecule has 1 fully saturated rings. The average Bonchev–Trinajstić information content (AvgIpc) is 3.75. The zero-order valence-corrected chi connectivity index (χ0v) is 34.8. The van der Waals surface area contributed by atoms with E-state index in [9.17, 15) is 0 Å². The number of hydrogen-bond acceptors (Lipinski definition) is 4. The number of fused-ring (bicyclic) bond motifs is 3. The Hall–Kier alpha value is -3.44. The van der Waals surface area contributed by atoms with E-state index >= 15 is 0 Å². The molecule has 6 heteroatoms. The third kappa shape index (κ3) is 7.59. The second-order valence-electron chi connectivity index (χ2n) is 15.9. The number of hydrogen-bond donors (Lipinski definition) is 0. The molecule has 0 unspecified atom stereocenters. The summed E-state index contributed by atoms with van der Waals surface area (Å²) < 4.78 is 6.30. The molecule has 50 heavy (non-hydrogen) atoms. The summed E-state index contributed by atoms with van der Waals surface area (Å²) in [5, 5.41) is 3.67. The fourth-order valence-corrected chi connectivity index (χ4v) is 9.09. The largest absolute Gasteiger partial charge is 0.486 e. The Morgan fingerprint density at radius 1 is 0.900 bits per heavy atom. The maximum Gasteiger partial charge on any atom is 0.216 e. The van der Waals surface area contributed by atoms with Crippen LogP contribution in [0.1, 0.15) is 87.2 Å². The van der Waals surface area contributed by atoms with Crippen molar-refractivity contribution in [2.45, 2.75) is 105 Å². The van der Waals surface area contributed by atoms with Crippen LogP contribution in [0.5, 0.6) is 0 Å². The molecule has 0 amide bonds. The number of rotatable bonds is 6. The molecule has 0 spiro atoms. The van der Waals surface area contributed by atoms with Crippen LogP contribution < -0.4 is 5.19 Å². The fraction of sp³-hybridized carbons (Fsp3) is 0.386. The van der Waals surface area contributed by atoms with Crippen molar-refractivity contribution in [3.05, 3.63) is 107 Å². The monoisotopic (exact) mass is 858 g/mol. The summed E-state index contributed by atoms with van der Waals surface area (Å²) in [6, 6.07) is 25.7. The van der Waals surface area contributed by atoms with Gasteiger partial charge in [-0.05, 0) is 83.8 Å². The van der Waals surface area contributed by atoms with Gasteiger partial charge in [-0.25, -0.2) is 4.98 Å². The molecule has 0 atom stereocenters. The third-order valence-electron chi connectivity index (χ3n) is 10.7. The predicted molar refractivity (Wildman–Crippen MR) is 208 cm³/mol. The summed E-state index contributed by atoms with van der Waals surface area (Å²) in [5.74, 6) is 1.27. The molecule has 1 radical (unpaired) electrons. The molecule has 0 saturated heterocycles. The summed E-state index contributed by atoms with van der Waals surface area (Å²) in [6.45, 7) is 22.7. The van der Waals surface area contributed by atoms with E-state index in [4.69, 9.17) is 14.4 Å². The minimum absolute atomic E-state index is 0. The van der Waals surface area contributed by atoms with Crippen LogP contribution in [0.2, 0.25) is 19.6 Å². The molecule has 1 aliphatic rings. The maximum atomic E-state index is 6.30. The van der Waals surface area contributed by atoms with Gasteiger partial charge < -0.3 is 14.4 Å². The van der Waals surface area contributed by atoms with Gasteiger partial charge in [0, 0.05) is 43.6 Å². The summed E-state index contributed by atoms with van der Waals surface area (Å²) in [4.78, 5) is 14.1. The van der Waals surface area contributed by atoms with E-state index in [0.717, 1.165) is 56.0 Å². The summed E-state index contributed by atoms with van der Waals surface area (Å²) in [5.41, 5.74) is 11.8. The SMILES string of the molecule is CC(C)c1cc(-c2[c-]cccc2)ncc1[Si](C)(C)C.Cc1cc2c(nc1C)oc1c(-c3cc(C(C)(C)C4CCCC4)ccn3)[c-]cc(C)c12.[Ir]. The van der Waals surface area contributed by atoms with Crippen molar-refractivity contribution in [1.82, 2.24) is 15.0 Å². The predicted octanol–water partition coefficient (Wildman–Crippen LogP) is 11.5. The topological polar surface area (TPSA) is 51.8 Å². The average molecular weight is 858 g/mol. The smallest absolute Gasteiger partial charge is 0.216 e. The van der Waals surface area contributed by atoms with Gasteiger partial charge in [-0.15, -0.1) is 53.6 Å². The summed E-state index contributed by atoms with van der Waals surface area (Å²) >= 11 is 0. The Kier molecular flexibility index (Phi) is 11.4. The molecule has 4 aromatic heterocycles. The molecule has 0 N–H and O–H groups in total. The van der Waals surface area contributed by atoms with Gasteiger partial charge in [-0.2, -0.15) is 0 Å². The molecule has 0 bridgehead atoms. The molecule has 4 nitrogen and oxygen atoms in total. The van der Waals surface area contributed by atoms with Gasteiger partial charge in [0.15, 0.2) is 0 Å². The summed E-state index contributed by atoms with van der Waals surface area (Å²) in [6.07, 6.45) is 9.37. The van der Waals surface area contributed by atoms with Crippen LogP contribution >= 0.6 is 0 Å². The third-order valence-corrected chi connectivity index (χ3v) is 12.7. The number of benzene rings is 2. The van der Waals surface area contributed by atoms with Crippen LogP contribution in [-0.2, 0) is 25.5 Å². The Labute approximate surface area is 313 Å². The van der Waals surface area contributed by atoms with Gasteiger partial charge in [0.25, 0.3) is 0 Å². The minimum Gasteiger partial charge on any atom is -0.486 e. The van der Waals surface area contributed by atoms with Crippen LogP contribution in [-0.4, -0.2) is 23.0 Å². The Morgan fingerprint density at radius 3 is 2.30 bits per heavy atom. The fourth-order valence-electron chi connectivity index (χ4n) is 7.41. The van der Waals surface area contributed by atoms with Gasteiger partial charge in [-0.1, -0.05) is 95.7 Å². The molecule has 0 aliphatic heterocycles. The van der Waals surface area contributed by atoms with E-state index in [-0.39, 0.29) is 25.5 Å². The quantitative estimate of drug-likeness (QED) is 0.124. The summed E-state index contributed by atoms with van der Waals surface area (Å²) in [7, 11) is -1.34. The molecular weight excluding hydrogens is 807 g/mol. The zero-order chi connectivity index (χ0) is 35.1. The van der Waals surface area contributed by atoms with E-state index in [1.807, 2.05) is 31.3 Å². The van der Waals surface area contributed by atoms with Crippen molar-refractivity contribution in [3.8, 4) is 22.5 Å². The van der Waals surface area contributed by atoms with Gasteiger partial charge in [0.2, 0.25) is 5.71 Å². The first kappa shape index (κ1) is 37.8. The van der Waals surface area contributed by atoms with E-state index in [2.05, 4.69) is 121 Å². The van der Waals surface area contributed by atoms with E-state index in [1.54, 1.807) is 0 Å². The first-order valence-electron chi connectivity index (χ1n) is 17.9. The van der Waals surface area contributed by atoms with Crippen molar-refractivity contribution in [3.63, 3.8) is 0 Å². The number of furan rings is 1. The number of pyridine rings is 3. The van der Waals surface area contributed by atoms with Crippen molar-refractivity contribution in [1.29, 1.82) is 0 Å². The number of aryl methyl sites for hydroxylation is 3. The van der Waals surface area contributed by atoms with E-state index in [1.165, 1.54) is 47.6 Å². The first-order chi connectivity index (χ1) is 23.3. The number of nitrogens with zero attached hydrogens (tertiary/aromatic N) is 3. The van der Waals surface area contributed by atoms with E-state index < -0.39 is 8.07 Å². The molecular formula is C44H51IrN3OSi-2. The molecule has 2 aromatic carbocycles. The first-order valence-corrected chi connectivity index (χ1v) is 21.4. The van der Waals surface area contributed by atoms with Gasteiger partial charge >= 0.3 is 0 Å². The standard InChI is InChI=1S/C27H29N2O.C17H22NSi.Ir/c1-16-10-11-21(25-24(16)22-14-17(2)18(3)29-26(22)30-25)23-15-20(12-13-28-23)27(4,5)19-8-6-7-9-19;1-13(2)15-11-16(14-9-7-6-8-10-14)18-12-17(15)19(3,4)5;/h10,12-15,19H,6-9H2,1-5H3;6-9,11-13H,1-5H3;/q2*-1;. The normalized spacial score (nSPS) is 13.8. The Balaban J connectivity index is 0.000000211. The van der Waals surface area contributed by atoms with Crippen LogP contribution in [0.3, 0.4) is 0 Å². The van der Waals surface area contributed by atoms with E-state index in [0.29, 0.717) is 11.6 Å². The van der Waals surface area contributed by atoms with Crippen molar-refractivity contribution in [2.75, 3.05) is 0 Å². The Bertz CT molecular complexity index is 2100. The second-order valence-corrected chi connectivity index (χ2v) is 20.9. The van der Waals surface area contributed by atoms with Crippen LogP contribution in [0.25, 0.3) is 44.6 Å². The van der Waals surface area contributed by atoms with Crippen molar-refractivity contribution < 1.29 is 24.5 Å².